The van der Waals surface area contributed by atoms with Crippen molar-refractivity contribution in [1.29, 1.82) is 0 Å². The van der Waals surface area contributed by atoms with E-state index in [1.54, 1.807) is 0 Å². The highest BCUT2D eigenvalue weighted by molar-refractivity contribution is 6.24. The van der Waals surface area contributed by atoms with Crippen molar-refractivity contribution in [1.82, 2.24) is 0 Å². The Morgan fingerprint density at radius 1 is 0.179 bits per heavy atom. The van der Waals surface area contributed by atoms with Crippen molar-refractivity contribution < 1.29 is 0 Å². The predicted molar refractivity (Wildman–Crippen MR) is 241 cm³/mol. The summed E-state index contributed by atoms with van der Waals surface area (Å²) in [4.78, 5) is 0. The monoisotopic (exact) mass is 708 g/mol. The van der Waals surface area contributed by atoms with Crippen molar-refractivity contribution in [2.75, 3.05) is 0 Å². The van der Waals surface area contributed by atoms with Crippen LogP contribution < -0.4 is 0 Å². The van der Waals surface area contributed by atoms with Gasteiger partial charge in [-0.1, -0.05) is 206 Å². The lowest BCUT2D eigenvalue weighted by molar-refractivity contribution is 1.61. The molecule has 0 aliphatic carbocycles. The highest BCUT2D eigenvalue weighted by Gasteiger charge is 2.20. The Morgan fingerprint density at radius 3 is 1.38 bits per heavy atom. The van der Waals surface area contributed by atoms with Crippen molar-refractivity contribution in [3.8, 4) is 55.6 Å². The molecule has 0 heteroatoms. The van der Waals surface area contributed by atoms with Crippen LogP contribution in [0.1, 0.15) is 0 Å². The molecule has 0 N–H and O–H groups in total. The summed E-state index contributed by atoms with van der Waals surface area (Å²) in [5, 5.41) is 12.5. The minimum atomic E-state index is 1.20. The lowest BCUT2D eigenvalue weighted by Gasteiger charge is -2.20. The minimum Gasteiger partial charge on any atom is -0.0616 e. The molecule has 0 fully saturated rings. The maximum absolute atomic E-state index is 2.45. The molecule has 0 aromatic heterocycles. The zero-order chi connectivity index (χ0) is 37.0. The summed E-state index contributed by atoms with van der Waals surface area (Å²) in [5.41, 5.74) is 12.3. The molecular weight excluding hydrogens is 673 g/mol. The first kappa shape index (κ1) is 32.2. The lowest BCUT2D eigenvalue weighted by atomic mass is 9.83. The second-order valence-electron chi connectivity index (χ2n) is 14.8. The highest BCUT2D eigenvalue weighted by Crippen LogP contribution is 2.47. The van der Waals surface area contributed by atoms with E-state index < -0.39 is 0 Å². The fourth-order valence-electron chi connectivity index (χ4n) is 9.02. The molecule has 56 heavy (non-hydrogen) atoms. The third kappa shape index (κ3) is 5.30. The molecule has 0 nitrogen and oxygen atoms in total. The first-order valence-corrected chi connectivity index (χ1v) is 19.4. The van der Waals surface area contributed by atoms with Gasteiger partial charge in [0.1, 0.15) is 0 Å². The zero-order valence-electron chi connectivity index (χ0n) is 30.8. The smallest absolute Gasteiger partial charge is 0.00201 e. The van der Waals surface area contributed by atoms with Crippen molar-refractivity contribution >= 4 is 53.9 Å². The molecule has 11 rings (SSSR count). The summed E-state index contributed by atoms with van der Waals surface area (Å²) in [6.07, 6.45) is 0. The third-order valence-electron chi connectivity index (χ3n) is 11.7. The molecule has 0 amide bonds. The molecule has 0 heterocycles. The van der Waals surface area contributed by atoms with E-state index in [-0.39, 0.29) is 0 Å². The van der Waals surface area contributed by atoms with E-state index in [0.717, 1.165) is 0 Å². The van der Waals surface area contributed by atoms with Gasteiger partial charge in [-0.25, -0.2) is 0 Å². The van der Waals surface area contributed by atoms with Crippen LogP contribution in [0.4, 0.5) is 0 Å². The van der Waals surface area contributed by atoms with Gasteiger partial charge in [0.2, 0.25) is 0 Å². The Hall–Kier alpha value is -7.28. The van der Waals surface area contributed by atoms with Gasteiger partial charge in [-0.05, 0) is 122 Å². The molecule has 11 aromatic carbocycles. The van der Waals surface area contributed by atoms with Crippen LogP contribution in [0.15, 0.2) is 218 Å². The molecular formula is C56H36. The fourth-order valence-corrected chi connectivity index (χ4v) is 9.02. The average molecular weight is 709 g/mol. The van der Waals surface area contributed by atoms with Crippen LogP contribution in [0.5, 0.6) is 0 Å². The van der Waals surface area contributed by atoms with E-state index in [2.05, 4.69) is 218 Å². The molecule has 11 aromatic rings. The molecule has 0 atom stereocenters. The van der Waals surface area contributed by atoms with Crippen LogP contribution in [0.2, 0.25) is 0 Å². The first-order valence-electron chi connectivity index (χ1n) is 19.4. The van der Waals surface area contributed by atoms with Gasteiger partial charge >= 0.3 is 0 Å². The van der Waals surface area contributed by atoms with E-state index in [0.29, 0.717) is 0 Å². The number of benzene rings is 11. The Kier molecular flexibility index (Phi) is 7.60. The van der Waals surface area contributed by atoms with Gasteiger partial charge in [-0.3, -0.25) is 0 Å². The van der Waals surface area contributed by atoms with E-state index in [9.17, 15) is 0 Å². The topological polar surface area (TPSA) is 0 Å². The maximum Gasteiger partial charge on any atom is -0.00201 e. The Morgan fingerprint density at radius 2 is 0.643 bits per heavy atom. The molecule has 0 radical (unpaired) electrons. The number of rotatable bonds is 5. The Bertz CT molecular complexity index is 3280. The molecule has 0 aliphatic rings. The molecule has 0 spiro atoms. The zero-order valence-corrected chi connectivity index (χ0v) is 30.8. The van der Waals surface area contributed by atoms with Gasteiger partial charge in [0.25, 0.3) is 0 Å². The molecule has 260 valence electrons. The summed E-state index contributed by atoms with van der Waals surface area (Å²) >= 11 is 0. The summed E-state index contributed by atoms with van der Waals surface area (Å²) in [7, 11) is 0. The van der Waals surface area contributed by atoms with Crippen LogP contribution >= 0.6 is 0 Å². The van der Waals surface area contributed by atoms with E-state index in [1.165, 1.54) is 109 Å². The van der Waals surface area contributed by atoms with Crippen LogP contribution in [-0.2, 0) is 0 Å². The SMILES string of the molecule is c1ccc(-c2cccc3ccccc23)c(-c2ccc3c(-c4cccc5ccccc45)c4ccccc4c(-c4ccc(-c5ccc6ccccc6c5)cc4)c3c2)c1. The standard InChI is InChI=1S/C56H36/c1-2-16-42-35-43(32-29-37(42)13-1)38-27-30-41(31-28-38)55-51-23-9-10-24-52(51)56(50-26-12-18-40-15-4-6-20-46(40)50)53-34-33-44(36-54(53)55)47-21-7-8-22-48(47)49-25-11-17-39-14-3-5-19-45(39)49/h1-36H. The number of fused-ring (bicyclic) bond motifs is 5. The maximum atomic E-state index is 2.45. The van der Waals surface area contributed by atoms with Crippen LogP contribution in [0, 0.1) is 0 Å². The second kappa shape index (κ2) is 13.2. The molecule has 0 unspecified atom stereocenters. The van der Waals surface area contributed by atoms with Gasteiger partial charge in [-0.2, -0.15) is 0 Å². The summed E-state index contributed by atoms with van der Waals surface area (Å²) in [5.74, 6) is 0. The molecule has 0 aliphatic heterocycles. The number of hydrogen-bond donors (Lipinski definition) is 0. The fraction of sp³-hybridized carbons (Fsp3) is 0. The van der Waals surface area contributed by atoms with Crippen molar-refractivity contribution in [2.24, 2.45) is 0 Å². The Labute approximate surface area is 326 Å². The Balaban J connectivity index is 1.18. The van der Waals surface area contributed by atoms with Gasteiger partial charge in [0.05, 0.1) is 0 Å². The quantitative estimate of drug-likeness (QED) is 0.156. The van der Waals surface area contributed by atoms with Gasteiger partial charge < -0.3 is 0 Å². The average Bonchev–Trinajstić information content (AvgIpc) is 3.27. The van der Waals surface area contributed by atoms with Crippen LogP contribution in [0.25, 0.3) is 109 Å². The summed E-state index contributed by atoms with van der Waals surface area (Å²) in [6, 6.07) is 80.4. The second-order valence-corrected chi connectivity index (χ2v) is 14.8. The molecule has 0 saturated carbocycles. The minimum absolute atomic E-state index is 1.20. The summed E-state index contributed by atoms with van der Waals surface area (Å²) < 4.78 is 0. The van der Waals surface area contributed by atoms with Gasteiger partial charge in [-0.15, -0.1) is 0 Å². The molecule has 0 saturated heterocycles. The highest BCUT2D eigenvalue weighted by atomic mass is 14.2. The normalized spacial score (nSPS) is 11.6. The first-order chi connectivity index (χ1) is 27.8. The molecule has 0 bridgehead atoms. The van der Waals surface area contributed by atoms with Crippen molar-refractivity contribution in [3.63, 3.8) is 0 Å². The van der Waals surface area contributed by atoms with Gasteiger partial charge in [0.15, 0.2) is 0 Å². The van der Waals surface area contributed by atoms with E-state index in [1.807, 2.05) is 0 Å². The van der Waals surface area contributed by atoms with Crippen LogP contribution in [0.3, 0.4) is 0 Å². The third-order valence-corrected chi connectivity index (χ3v) is 11.7. The van der Waals surface area contributed by atoms with Crippen LogP contribution in [-0.4, -0.2) is 0 Å². The van der Waals surface area contributed by atoms with E-state index in [4.69, 9.17) is 0 Å². The lowest BCUT2D eigenvalue weighted by Crippen LogP contribution is -1.93. The largest absolute Gasteiger partial charge is 0.0616 e. The van der Waals surface area contributed by atoms with Crippen molar-refractivity contribution in [2.45, 2.75) is 0 Å². The van der Waals surface area contributed by atoms with Gasteiger partial charge in [0, 0.05) is 0 Å². The summed E-state index contributed by atoms with van der Waals surface area (Å²) in [6.45, 7) is 0. The number of hydrogen-bond acceptors (Lipinski definition) is 0. The van der Waals surface area contributed by atoms with Crippen molar-refractivity contribution in [3.05, 3.63) is 218 Å². The predicted octanol–water partition coefficient (Wildman–Crippen LogP) is 15.8. The van der Waals surface area contributed by atoms with E-state index >= 15 is 0 Å².